The average molecular weight is 285 g/mol. The van der Waals surface area contributed by atoms with Gasteiger partial charge in [-0.1, -0.05) is 54.9 Å². The Morgan fingerprint density at radius 3 is 2.25 bits per heavy atom. The van der Waals surface area contributed by atoms with Crippen LogP contribution >= 0.6 is 15.9 Å². The Kier molecular flexibility index (Phi) is 5.89. The van der Waals surface area contributed by atoms with E-state index in [-0.39, 0.29) is 0 Å². The third kappa shape index (κ3) is 4.56. The van der Waals surface area contributed by atoms with E-state index in [9.17, 15) is 0 Å². The van der Waals surface area contributed by atoms with Gasteiger partial charge in [0.1, 0.15) is 5.75 Å². The van der Waals surface area contributed by atoms with Crippen LogP contribution in [0.5, 0.6) is 5.75 Å². The van der Waals surface area contributed by atoms with Gasteiger partial charge in [0.2, 0.25) is 0 Å². The van der Waals surface area contributed by atoms with Crippen molar-refractivity contribution in [3.63, 3.8) is 0 Å². The van der Waals surface area contributed by atoms with Crippen molar-refractivity contribution in [1.82, 2.24) is 0 Å². The van der Waals surface area contributed by atoms with E-state index in [2.05, 4.69) is 36.7 Å². The Morgan fingerprint density at radius 1 is 1.12 bits per heavy atom. The van der Waals surface area contributed by atoms with E-state index in [1.54, 1.807) is 0 Å². The van der Waals surface area contributed by atoms with E-state index in [0.29, 0.717) is 16.7 Å². The zero-order valence-corrected chi connectivity index (χ0v) is 11.9. The molecule has 0 aliphatic carbocycles. The number of alkyl halides is 1. The molecule has 0 aliphatic rings. The quantitative estimate of drug-likeness (QED) is 0.699. The topological polar surface area (TPSA) is 9.23 Å². The lowest BCUT2D eigenvalue weighted by Gasteiger charge is -2.23. The molecule has 1 aromatic carbocycles. The van der Waals surface area contributed by atoms with Crippen LogP contribution in [0.2, 0.25) is 0 Å². The molecule has 1 nitrogen and oxygen atoms in total. The second kappa shape index (κ2) is 6.95. The zero-order chi connectivity index (χ0) is 12.0. The van der Waals surface area contributed by atoms with E-state index < -0.39 is 0 Å². The summed E-state index contributed by atoms with van der Waals surface area (Å²) in [5.41, 5.74) is 0. The van der Waals surface area contributed by atoms with E-state index in [1.165, 1.54) is 0 Å². The summed E-state index contributed by atoms with van der Waals surface area (Å²) in [7, 11) is 0. The molecule has 16 heavy (non-hydrogen) atoms. The van der Waals surface area contributed by atoms with Crippen molar-refractivity contribution in [3.05, 3.63) is 30.3 Å². The molecule has 1 aromatic rings. The van der Waals surface area contributed by atoms with Gasteiger partial charge in [0.25, 0.3) is 0 Å². The first-order valence-electron chi connectivity index (χ1n) is 5.93. The monoisotopic (exact) mass is 284 g/mol. The minimum Gasteiger partial charge on any atom is -0.494 e. The Morgan fingerprint density at radius 2 is 1.75 bits per heavy atom. The Hall–Kier alpha value is -0.500. The number of hydrogen-bond acceptors (Lipinski definition) is 1. The highest BCUT2D eigenvalue weighted by Crippen LogP contribution is 2.24. The number of para-hydroxylation sites is 1. The van der Waals surface area contributed by atoms with Crippen LogP contribution < -0.4 is 4.74 Å². The molecule has 0 amide bonds. The van der Waals surface area contributed by atoms with Gasteiger partial charge >= 0.3 is 0 Å². The van der Waals surface area contributed by atoms with Crippen LogP contribution in [0, 0.1) is 11.8 Å². The number of benzene rings is 1. The molecule has 0 bridgehead atoms. The van der Waals surface area contributed by atoms with Crippen molar-refractivity contribution < 1.29 is 4.74 Å². The summed E-state index contributed by atoms with van der Waals surface area (Å²) in [6, 6.07) is 10.0. The maximum atomic E-state index is 5.72. The molecule has 1 rings (SSSR count). The third-order valence-electron chi connectivity index (χ3n) is 2.91. The Balaban J connectivity index is 2.34. The van der Waals surface area contributed by atoms with Gasteiger partial charge in [-0.3, -0.25) is 0 Å². The molecule has 90 valence electrons. The second-order valence-electron chi connectivity index (χ2n) is 4.54. The van der Waals surface area contributed by atoms with E-state index in [4.69, 9.17) is 4.74 Å². The molecule has 0 spiro atoms. The fourth-order valence-corrected chi connectivity index (χ4v) is 2.80. The van der Waals surface area contributed by atoms with Crippen molar-refractivity contribution in [3.8, 4) is 5.75 Å². The van der Waals surface area contributed by atoms with E-state index >= 15 is 0 Å². The molecular formula is C14H21BrO. The Bertz CT molecular complexity index is 274. The molecule has 2 atom stereocenters. The summed E-state index contributed by atoms with van der Waals surface area (Å²) in [4.78, 5) is 0.548. The van der Waals surface area contributed by atoms with Gasteiger partial charge in [-0.2, -0.15) is 0 Å². The molecule has 2 heteroatoms. The van der Waals surface area contributed by atoms with Gasteiger partial charge in [0.15, 0.2) is 0 Å². The number of hydrogen-bond donors (Lipinski definition) is 0. The molecule has 0 saturated heterocycles. The number of ether oxygens (including phenoxy) is 1. The van der Waals surface area contributed by atoms with Crippen LogP contribution in [0.1, 0.15) is 27.2 Å². The van der Waals surface area contributed by atoms with Gasteiger partial charge in [0.05, 0.1) is 6.61 Å². The minimum absolute atomic E-state index is 0.548. The van der Waals surface area contributed by atoms with E-state index in [1.807, 2.05) is 30.3 Å². The summed E-state index contributed by atoms with van der Waals surface area (Å²) in [6.45, 7) is 7.55. The van der Waals surface area contributed by atoms with Crippen LogP contribution in [0.25, 0.3) is 0 Å². The molecule has 0 heterocycles. The molecule has 2 unspecified atom stereocenters. The Labute approximate surface area is 107 Å². The fourth-order valence-electron chi connectivity index (χ4n) is 1.92. The highest BCUT2D eigenvalue weighted by atomic mass is 79.9. The summed E-state index contributed by atoms with van der Waals surface area (Å²) in [6.07, 6.45) is 1.10. The lowest BCUT2D eigenvalue weighted by molar-refractivity contribution is 0.249. The molecule has 0 radical (unpaired) electrons. The standard InChI is InChI=1S/C14H21BrO/c1-11(2)14(12(3)15)9-10-16-13-7-5-4-6-8-13/h4-8,11-12,14H,9-10H2,1-3H3. The first-order chi connectivity index (χ1) is 7.61. The average Bonchev–Trinajstić information content (AvgIpc) is 2.24. The maximum absolute atomic E-state index is 5.72. The fraction of sp³-hybridized carbons (Fsp3) is 0.571. The van der Waals surface area contributed by atoms with Gasteiger partial charge < -0.3 is 4.74 Å². The highest BCUT2D eigenvalue weighted by molar-refractivity contribution is 9.09. The van der Waals surface area contributed by atoms with Crippen molar-refractivity contribution in [1.29, 1.82) is 0 Å². The van der Waals surface area contributed by atoms with Crippen LogP contribution in [-0.2, 0) is 0 Å². The van der Waals surface area contributed by atoms with Gasteiger partial charge in [-0.25, -0.2) is 0 Å². The molecule has 0 aromatic heterocycles. The van der Waals surface area contributed by atoms with E-state index in [0.717, 1.165) is 18.8 Å². The summed E-state index contributed by atoms with van der Waals surface area (Å²) in [5, 5.41) is 0. The van der Waals surface area contributed by atoms with Crippen molar-refractivity contribution in [2.24, 2.45) is 11.8 Å². The minimum atomic E-state index is 0.548. The van der Waals surface area contributed by atoms with Crippen molar-refractivity contribution in [2.45, 2.75) is 32.0 Å². The van der Waals surface area contributed by atoms with Gasteiger partial charge in [-0.15, -0.1) is 0 Å². The highest BCUT2D eigenvalue weighted by Gasteiger charge is 2.18. The predicted octanol–water partition coefficient (Wildman–Crippen LogP) is 4.51. The SMILES string of the molecule is CC(C)C(CCOc1ccccc1)C(C)Br. The van der Waals surface area contributed by atoms with Crippen LogP contribution in [0.4, 0.5) is 0 Å². The third-order valence-corrected chi connectivity index (χ3v) is 3.59. The molecule has 0 N–H and O–H groups in total. The summed E-state index contributed by atoms with van der Waals surface area (Å²) >= 11 is 3.67. The van der Waals surface area contributed by atoms with Gasteiger partial charge in [-0.05, 0) is 30.4 Å². The van der Waals surface area contributed by atoms with Crippen LogP contribution in [0.3, 0.4) is 0 Å². The largest absolute Gasteiger partial charge is 0.494 e. The molecule has 0 aliphatic heterocycles. The summed E-state index contributed by atoms with van der Waals surface area (Å²) < 4.78 is 5.72. The van der Waals surface area contributed by atoms with Crippen molar-refractivity contribution in [2.75, 3.05) is 6.61 Å². The first-order valence-corrected chi connectivity index (χ1v) is 6.84. The molecule has 0 saturated carbocycles. The summed E-state index contributed by atoms with van der Waals surface area (Å²) in [5.74, 6) is 2.32. The smallest absolute Gasteiger partial charge is 0.119 e. The number of rotatable bonds is 6. The number of halogens is 1. The van der Waals surface area contributed by atoms with Crippen molar-refractivity contribution >= 4 is 15.9 Å². The maximum Gasteiger partial charge on any atom is 0.119 e. The molecular weight excluding hydrogens is 264 g/mol. The van der Waals surface area contributed by atoms with Crippen LogP contribution in [-0.4, -0.2) is 11.4 Å². The second-order valence-corrected chi connectivity index (χ2v) is 5.98. The van der Waals surface area contributed by atoms with Gasteiger partial charge in [0, 0.05) is 4.83 Å². The predicted molar refractivity (Wildman–Crippen MR) is 73.3 cm³/mol. The zero-order valence-electron chi connectivity index (χ0n) is 10.3. The first kappa shape index (κ1) is 13.6. The lowest BCUT2D eigenvalue weighted by atomic mass is 9.90. The lowest BCUT2D eigenvalue weighted by Crippen LogP contribution is -2.20. The van der Waals surface area contributed by atoms with Crippen LogP contribution in [0.15, 0.2) is 30.3 Å². The molecule has 0 fully saturated rings. The normalized spacial score (nSPS) is 14.8.